The first-order chi connectivity index (χ1) is 7.33. The molecule has 0 N–H and O–H groups in total. The van der Waals surface area contributed by atoms with Crippen molar-refractivity contribution in [1.29, 1.82) is 0 Å². The van der Waals surface area contributed by atoms with E-state index >= 15 is 0 Å². The van der Waals surface area contributed by atoms with E-state index in [9.17, 15) is 12.8 Å². The van der Waals surface area contributed by atoms with E-state index < -0.39 is 21.1 Å². The van der Waals surface area contributed by atoms with Gasteiger partial charge in [-0.05, 0) is 47.5 Å². The molecule has 1 aromatic carbocycles. The van der Waals surface area contributed by atoms with Gasteiger partial charge in [0.25, 0.3) is 10.0 Å². The van der Waals surface area contributed by atoms with Gasteiger partial charge >= 0.3 is 0 Å². The molecule has 6 heteroatoms. The lowest BCUT2D eigenvalue weighted by molar-refractivity contribution is 0.589. The Bertz CT molecular complexity index is 512. The molecular weight excluding hydrogens is 297 g/mol. The largest absolute Gasteiger partial charge is 0.255 e. The van der Waals surface area contributed by atoms with E-state index in [0.717, 1.165) is 6.21 Å². The van der Waals surface area contributed by atoms with Crippen LogP contribution in [0.1, 0.15) is 19.4 Å². The fraction of sp³-hybridized carbons (Fsp3) is 0.300. The van der Waals surface area contributed by atoms with Gasteiger partial charge in [-0.25, -0.2) is 12.8 Å². The summed E-state index contributed by atoms with van der Waals surface area (Å²) in [6.07, 6.45) is 1.14. The van der Waals surface area contributed by atoms with Gasteiger partial charge in [0.1, 0.15) is 5.82 Å². The number of hydrogen-bond donors (Lipinski definition) is 0. The highest BCUT2D eigenvalue weighted by Crippen LogP contribution is 2.15. The quantitative estimate of drug-likeness (QED) is 0.806. The molecule has 16 heavy (non-hydrogen) atoms. The molecule has 0 unspecified atom stereocenters. The van der Waals surface area contributed by atoms with Crippen LogP contribution < -0.4 is 0 Å². The summed E-state index contributed by atoms with van der Waals surface area (Å²) >= 11 is 3.01. The Balaban J connectivity index is 2.98. The van der Waals surface area contributed by atoms with Crippen LogP contribution in [0.2, 0.25) is 0 Å². The van der Waals surface area contributed by atoms with Crippen LogP contribution in [0.4, 0.5) is 4.39 Å². The number of hydrogen-bond acceptors (Lipinski definition) is 2. The normalized spacial score (nSPS) is 12.6. The first-order valence-corrected chi connectivity index (χ1v) is 6.87. The summed E-state index contributed by atoms with van der Waals surface area (Å²) in [7, 11) is -3.48. The van der Waals surface area contributed by atoms with Crippen molar-refractivity contribution in [2.45, 2.75) is 19.1 Å². The lowest BCUT2D eigenvalue weighted by Gasteiger charge is -2.00. The van der Waals surface area contributed by atoms with Crippen LogP contribution >= 0.6 is 15.9 Å². The number of rotatable bonds is 3. The number of sulfonamides is 1. The Hall–Kier alpha value is -0.750. The van der Waals surface area contributed by atoms with Gasteiger partial charge in [-0.3, -0.25) is 0 Å². The fourth-order valence-electron chi connectivity index (χ4n) is 0.849. The molecule has 0 heterocycles. The van der Waals surface area contributed by atoms with Crippen molar-refractivity contribution in [2.75, 3.05) is 0 Å². The first-order valence-electron chi connectivity index (χ1n) is 4.57. The molecular formula is C10H11BrFNO2S. The van der Waals surface area contributed by atoms with Crippen LogP contribution in [-0.4, -0.2) is 19.9 Å². The number of halogens is 2. The van der Waals surface area contributed by atoms with Gasteiger partial charge in [0, 0.05) is 6.21 Å². The Morgan fingerprint density at radius 3 is 2.56 bits per heavy atom. The van der Waals surface area contributed by atoms with E-state index in [-0.39, 0.29) is 0 Å². The summed E-state index contributed by atoms with van der Waals surface area (Å²) in [6.45, 7) is 3.07. The maximum atomic E-state index is 13.1. The lowest BCUT2D eigenvalue weighted by Crippen LogP contribution is -2.10. The minimum Gasteiger partial charge on any atom is -0.206 e. The van der Waals surface area contributed by atoms with Crippen LogP contribution in [0.25, 0.3) is 0 Å². The summed E-state index contributed by atoms with van der Waals surface area (Å²) in [5, 5.41) is -0.580. The van der Waals surface area contributed by atoms with Gasteiger partial charge in [0.2, 0.25) is 0 Å². The third-order valence-electron chi connectivity index (χ3n) is 1.89. The van der Waals surface area contributed by atoms with E-state index in [4.69, 9.17) is 0 Å². The second-order valence-corrected chi connectivity index (χ2v) is 6.51. The minimum atomic E-state index is -3.48. The van der Waals surface area contributed by atoms with Crippen molar-refractivity contribution in [3.05, 3.63) is 34.1 Å². The topological polar surface area (TPSA) is 46.5 Å². The second kappa shape index (κ2) is 5.05. The van der Waals surface area contributed by atoms with Crippen LogP contribution in [0.15, 0.2) is 27.1 Å². The average Bonchev–Trinajstić information content (AvgIpc) is 2.20. The predicted molar refractivity (Wildman–Crippen MR) is 65.7 cm³/mol. The van der Waals surface area contributed by atoms with Crippen LogP contribution in [-0.2, 0) is 10.0 Å². The molecule has 88 valence electrons. The molecule has 3 nitrogen and oxygen atoms in total. The molecule has 0 aliphatic rings. The highest BCUT2D eigenvalue weighted by molar-refractivity contribution is 9.10. The monoisotopic (exact) mass is 307 g/mol. The maximum absolute atomic E-state index is 13.1. The van der Waals surface area contributed by atoms with Crippen molar-refractivity contribution in [2.24, 2.45) is 4.40 Å². The van der Waals surface area contributed by atoms with E-state index in [1.165, 1.54) is 26.0 Å². The van der Waals surface area contributed by atoms with E-state index in [1.807, 2.05) is 0 Å². The van der Waals surface area contributed by atoms with Crippen molar-refractivity contribution in [1.82, 2.24) is 0 Å². The first kappa shape index (κ1) is 13.3. The third kappa shape index (κ3) is 3.38. The Kier molecular flexibility index (Phi) is 4.21. The van der Waals surface area contributed by atoms with Crippen molar-refractivity contribution >= 4 is 32.2 Å². The van der Waals surface area contributed by atoms with E-state index in [1.54, 1.807) is 6.07 Å². The zero-order valence-electron chi connectivity index (χ0n) is 8.81. The minimum absolute atomic E-state index is 0.330. The fourth-order valence-corrected chi connectivity index (χ4v) is 1.61. The average molecular weight is 308 g/mol. The molecule has 0 amide bonds. The van der Waals surface area contributed by atoms with Crippen LogP contribution in [0, 0.1) is 5.82 Å². The number of benzene rings is 1. The molecule has 0 saturated carbocycles. The lowest BCUT2D eigenvalue weighted by atomic mass is 10.2. The Morgan fingerprint density at radius 2 is 2.06 bits per heavy atom. The molecule has 0 aliphatic heterocycles. The molecule has 1 rings (SSSR count). The van der Waals surface area contributed by atoms with Crippen molar-refractivity contribution < 1.29 is 12.8 Å². The predicted octanol–water partition coefficient (Wildman–Crippen LogP) is 2.75. The molecule has 0 fully saturated rings. The molecule has 0 spiro atoms. The van der Waals surface area contributed by atoms with Gasteiger partial charge in [0.15, 0.2) is 0 Å². The highest BCUT2D eigenvalue weighted by atomic mass is 79.9. The van der Waals surface area contributed by atoms with Gasteiger partial charge in [0.05, 0.1) is 9.72 Å². The summed E-state index contributed by atoms with van der Waals surface area (Å²) in [5.41, 5.74) is 0.407. The SMILES string of the molecule is CC(C)S(=O)(=O)/N=C/c1ccc(Br)c(F)c1. The summed E-state index contributed by atoms with van der Waals surface area (Å²) in [6, 6.07) is 4.29. The van der Waals surface area contributed by atoms with Gasteiger partial charge in [-0.1, -0.05) is 6.07 Å². The zero-order chi connectivity index (χ0) is 12.3. The molecule has 0 bridgehead atoms. The van der Waals surface area contributed by atoms with Crippen LogP contribution in [0.5, 0.6) is 0 Å². The van der Waals surface area contributed by atoms with Gasteiger partial charge in [-0.2, -0.15) is 4.40 Å². The zero-order valence-corrected chi connectivity index (χ0v) is 11.2. The Morgan fingerprint density at radius 1 is 1.44 bits per heavy atom. The smallest absolute Gasteiger partial charge is 0.206 e. The molecule has 0 atom stereocenters. The Labute approximate surface area is 103 Å². The van der Waals surface area contributed by atoms with Gasteiger partial charge < -0.3 is 0 Å². The summed E-state index contributed by atoms with van der Waals surface area (Å²) in [5.74, 6) is -0.453. The third-order valence-corrected chi connectivity index (χ3v) is 4.12. The number of nitrogens with zero attached hydrogens (tertiary/aromatic N) is 1. The summed E-state index contributed by atoms with van der Waals surface area (Å²) < 4.78 is 39.6. The highest BCUT2D eigenvalue weighted by Gasteiger charge is 2.12. The van der Waals surface area contributed by atoms with E-state index in [2.05, 4.69) is 20.3 Å². The summed E-state index contributed by atoms with van der Waals surface area (Å²) in [4.78, 5) is 0. The van der Waals surface area contributed by atoms with Crippen molar-refractivity contribution in [3.63, 3.8) is 0 Å². The molecule has 0 aliphatic carbocycles. The molecule has 0 aromatic heterocycles. The molecule has 0 radical (unpaired) electrons. The van der Waals surface area contributed by atoms with Gasteiger partial charge in [-0.15, -0.1) is 0 Å². The second-order valence-electron chi connectivity index (χ2n) is 3.47. The van der Waals surface area contributed by atoms with E-state index in [0.29, 0.717) is 10.0 Å². The molecule has 1 aromatic rings. The maximum Gasteiger partial charge on any atom is 0.255 e. The van der Waals surface area contributed by atoms with Crippen molar-refractivity contribution in [3.8, 4) is 0 Å². The standard InChI is InChI=1S/C10H11BrFNO2S/c1-7(2)16(14,15)13-6-8-3-4-9(11)10(12)5-8/h3-7H,1-2H3/b13-6+. The molecule has 0 saturated heterocycles. The van der Waals surface area contributed by atoms with Crippen LogP contribution in [0.3, 0.4) is 0 Å².